The van der Waals surface area contributed by atoms with E-state index in [0.717, 1.165) is 35.8 Å². The van der Waals surface area contributed by atoms with Gasteiger partial charge in [0.25, 0.3) is 0 Å². The molecule has 2 atom stereocenters. The Morgan fingerprint density at radius 3 is 1.38 bits per heavy atom. The molecule has 2 aliphatic heterocycles. The summed E-state index contributed by atoms with van der Waals surface area (Å²) in [6.45, 7) is 15.2. The van der Waals surface area contributed by atoms with Gasteiger partial charge in [-0.05, 0) is 83.0 Å². The Hall–Kier alpha value is -4.18. The Labute approximate surface area is 267 Å². The first-order valence-corrected chi connectivity index (χ1v) is 16.4. The molecule has 4 nitrogen and oxygen atoms in total. The number of fused-ring (bicyclic) bond motifs is 4. The van der Waals surface area contributed by atoms with Crippen molar-refractivity contribution in [1.82, 2.24) is 0 Å². The van der Waals surface area contributed by atoms with E-state index in [0.29, 0.717) is 13.2 Å². The van der Waals surface area contributed by atoms with Gasteiger partial charge in [-0.1, -0.05) is 112 Å². The normalized spacial score (nSPS) is 23.2. The summed E-state index contributed by atoms with van der Waals surface area (Å²) in [5.41, 5.74) is 12.5. The third kappa shape index (κ3) is 4.40. The Morgan fingerprint density at radius 1 is 0.578 bits per heavy atom. The van der Waals surface area contributed by atoms with Crippen LogP contribution in [0.3, 0.4) is 0 Å². The Morgan fingerprint density at radius 2 is 0.978 bits per heavy atom. The van der Waals surface area contributed by atoms with E-state index in [2.05, 4.69) is 126 Å². The van der Waals surface area contributed by atoms with Crippen molar-refractivity contribution in [3.05, 3.63) is 141 Å². The number of ether oxygens (including phenoxy) is 2. The van der Waals surface area contributed by atoms with Crippen molar-refractivity contribution in [2.45, 2.75) is 82.7 Å². The molecule has 0 saturated carbocycles. The quantitative estimate of drug-likeness (QED) is 0.237. The molecule has 0 saturated heterocycles. The van der Waals surface area contributed by atoms with Crippen molar-refractivity contribution in [2.24, 2.45) is 9.98 Å². The molecule has 4 aromatic carbocycles. The molecule has 0 aromatic heterocycles. The number of nitrogens with zero attached hydrogens (tertiary/aromatic N) is 2. The first-order valence-electron chi connectivity index (χ1n) is 16.4. The number of benzene rings is 4. The smallest absolute Gasteiger partial charge is 0.217 e. The highest BCUT2D eigenvalue weighted by atomic mass is 16.5. The van der Waals surface area contributed by atoms with Crippen LogP contribution in [-0.4, -0.2) is 25.0 Å². The predicted molar refractivity (Wildman–Crippen MR) is 182 cm³/mol. The van der Waals surface area contributed by atoms with Crippen molar-refractivity contribution in [3.63, 3.8) is 0 Å². The van der Waals surface area contributed by atoms with E-state index in [1.54, 1.807) is 0 Å². The maximum Gasteiger partial charge on any atom is 0.217 e. The van der Waals surface area contributed by atoms with Crippen LogP contribution in [-0.2, 0) is 25.7 Å². The fraction of sp³-hybridized carbons (Fsp3) is 0.366. The van der Waals surface area contributed by atoms with Gasteiger partial charge in [-0.2, -0.15) is 0 Å². The lowest BCUT2D eigenvalue weighted by Gasteiger charge is -2.32. The van der Waals surface area contributed by atoms with Crippen molar-refractivity contribution < 1.29 is 9.47 Å². The second kappa shape index (κ2) is 9.91. The summed E-state index contributed by atoms with van der Waals surface area (Å²) in [6, 6.07) is 30.6. The zero-order valence-electron chi connectivity index (χ0n) is 27.3. The lowest BCUT2D eigenvalue weighted by atomic mass is 9.70. The molecule has 0 fully saturated rings. The predicted octanol–water partition coefficient (Wildman–Crippen LogP) is 8.99. The topological polar surface area (TPSA) is 43.2 Å². The number of aliphatic imine (C=N–C) groups is 2. The van der Waals surface area contributed by atoms with Crippen LogP contribution in [0.1, 0.15) is 108 Å². The summed E-state index contributed by atoms with van der Waals surface area (Å²) in [6.07, 6.45) is 2.03. The first-order chi connectivity index (χ1) is 21.6. The molecular formula is C41H42N2O2. The SMILES string of the molecule is Cc1cc(C2=N[C@@H](c3ccccc3)CO2)c2c(c1)C(C)(C)CC21CC(C)(C)c2cc(C)cc(C3=N[C@@H](c4ccccc4)CO3)c21. The zero-order valence-corrected chi connectivity index (χ0v) is 27.3. The molecule has 8 rings (SSSR count). The van der Waals surface area contributed by atoms with Crippen LogP contribution in [0.15, 0.2) is 94.9 Å². The van der Waals surface area contributed by atoms with Gasteiger partial charge in [-0.15, -0.1) is 0 Å². The van der Waals surface area contributed by atoms with E-state index in [9.17, 15) is 0 Å². The molecule has 0 unspecified atom stereocenters. The van der Waals surface area contributed by atoms with Crippen LogP contribution in [0.25, 0.3) is 0 Å². The number of rotatable bonds is 4. The summed E-state index contributed by atoms with van der Waals surface area (Å²) in [7, 11) is 0. The first kappa shape index (κ1) is 28.3. The molecule has 228 valence electrons. The monoisotopic (exact) mass is 594 g/mol. The van der Waals surface area contributed by atoms with Crippen molar-refractivity contribution in [2.75, 3.05) is 13.2 Å². The Kier molecular flexibility index (Phi) is 6.23. The van der Waals surface area contributed by atoms with Crippen LogP contribution >= 0.6 is 0 Å². The van der Waals surface area contributed by atoms with Crippen LogP contribution < -0.4 is 0 Å². The third-order valence-corrected chi connectivity index (χ3v) is 10.6. The highest BCUT2D eigenvalue weighted by molar-refractivity contribution is 6.01. The molecule has 0 bridgehead atoms. The van der Waals surface area contributed by atoms with E-state index in [1.165, 1.54) is 44.5 Å². The van der Waals surface area contributed by atoms with Gasteiger partial charge >= 0.3 is 0 Å². The van der Waals surface area contributed by atoms with E-state index in [-0.39, 0.29) is 28.3 Å². The molecule has 45 heavy (non-hydrogen) atoms. The second-order valence-electron chi connectivity index (χ2n) is 15.0. The Bertz CT molecular complexity index is 1750. The van der Waals surface area contributed by atoms with Crippen molar-refractivity contribution >= 4 is 11.8 Å². The minimum Gasteiger partial charge on any atom is -0.475 e. The van der Waals surface area contributed by atoms with Gasteiger partial charge in [-0.3, -0.25) is 0 Å². The molecule has 4 aromatic rings. The molecular weight excluding hydrogens is 552 g/mol. The van der Waals surface area contributed by atoms with Gasteiger partial charge in [0.1, 0.15) is 25.3 Å². The van der Waals surface area contributed by atoms with Gasteiger partial charge in [0, 0.05) is 16.5 Å². The van der Waals surface area contributed by atoms with Gasteiger partial charge in [0.15, 0.2) is 0 Å². The Balaban J connectivity index is 1.35. The maximum absolute atomic E-state index is 6.51. The molecule has 2 aliphatic carbocycles. The molecule has 1 spiro atoms. The standard InChI is InChI=1S/C41H42N2O2/c1-25-17-29(37-42-33(21-44-37)27-13-9-7-10-14-27)35-31(19-25)39(3,4)23-41(35)24-40(5,6)32-20-26(2)18-30(36(32)41)38-43-34(22-45-38)28-15-11-8-12-16-28/h7-20,33-34H,21-24H2,1-6H3/t33-,34-,41?/m1/s1. The average Bonchev–Trinajstić information content (AvgIpc) is 3.78. The fourth-order valence-corrected chi connectivity index (χ4v) is 8.98. The third-order valence-electron chi connectivity index (χ3n) is 10.6. The molecule has 4 aliphatic rings. The zero-order chi connectivity index (χ0) is 31.1. The minimum atomic E-state index is -0.225. The molecule has 2 heterocycles. The summed E-state index contributed by atoms with van der Waals surface area (Å²) >= 11 is 0. The lowest BCUT2D eigenvalue weighted by Crippen LogP contribution is -2.30. The van der Waals surface area contributed by atoms with Crippen LogP contribution in [0, 0.1) is 13.8 Å². The summed E-state index contributed by atoms with van der Waals surface area (Å²) in [5.74, 6) is 1.55. The van der Waals surface area contributed by atoms with E-state index >= 15 is 0 Å². The van der Waals surface area contributed by atoms with Gasteiger partial charge in [0.05, 0.1) is 0 Å². The number of aryl methyl sites for hydroxylation is 2. The summed E-state index contributed by atoms with van der Waals surface area (Å²) in [5, 5.41) is 0. The van der Waals surface area contributed by atoms with E-state index < -0.39 is 0 Å². The van der Waals surface area contributed by atoms with Gasteiger partial charge in [-0.25, -0.2) is 9.98 Å². The van der Waals surface area contributed by atoms with Crippen molar-refractivity contribution in [3.8, 4) is 0 Å². The van der Waals surface area contributed by atoms with Crippen LogP contribution in [0.4, 0.5) is 0 Å². The van der Waals surface area contributed by atoms with E-state index in [1.807, 2.05) is 0 Å². The summed E-state index contributed by atoms with van der Waals surface area (Å²) < 4.78 is 13.0. The average molecular weight is 595 g/mol. The molecule has 0 radical (unpaired) electrons. The van der Waals surface area contributed by atoms with Crippen LogP contribution in [0.2, 0.25) is 0 Å². The second-order valence-corrected chi connectivity index (χ2v) is 15.0. The molecule has 4 heteroatoms. The molecule has 0 N–H and O–H groups in total. The maximum atomic E-state index is 6.51. The number of hydrogen-bond acceptors (Lipinski definition) is 4. The lowest BCUT2D eigenvalue weighted by molar-refractivity contribution is 0.316. The highest BCUT2D eigenvalue weighted by Gasteiger charge is 2.59. The molecule has 0 amide bonds. The van der Waals surface area contributed by atoms with Gasteiger partial charge < -0.3 is 9.47 Å². The van der Waals surface area contributed by atoms with Crippen LogP contribution in [0.5, 0.6) is 0 Å². The fourth-order valence-electron chi connectivity index (χ4n) is 8.98. The van der Waals surface area contributed by atoms with Gasteiger partial charge in [0.2, 0.25) is 11.8 Å². The van der Waals surface area contributed by atoms with Crippen molar-refractivity contribution in [1.29, 1.82) is 0 Å². The minimum absolute atomic E-state index is 0.00408. The van der Waals surface area contributed by atoms with E-state index in [4.69, 9.17) is 19.5 Å². The largest absolute Gasteiger partial charge is 0.475 e. The highest BCUT2D eigenvalue weighted by Crippen LogP contribution is 2.64. The summed E-state index contributed by atoms with van der Waals surface area (Å²) in [4.78, 5) is 10.5. The number of hydrogen-bond donors (Lipinski definition) is 0.